The molecule has 1 aliphatic heterocycles. The smallest absolute Gasteiger partial charge is 0.306 e. The van der Waals surface area contributed by atoms with Gasteiger partial charge in [0.2, 0.25) is 0 Å². The number of rotatable bonds is 1. The number of hydrogen-bond acceptors (Lipinski definition) is 4. The molecule has 0 aromatic rings. The summed E-state index contributed by atoms with van der Waals surface area (Å²) in [7, 11) is 0. The number of carbonyl (C=O) groups is 2. The monoisotopic (exact) mass is 262 g/mol. The Bertz CT molecular complexity index is 278. The van der Waals surface area contributed by atoms with Gasteiger partial charge in [-0.2, -0.15) is 0 Å². The van der Waals surface area contributed by atoms with Gasteiger partial charge < -0.3 is 9.47 Å². The fourth-order valence-corrected chi connectivity index (χ4v) is 3.03. The van der Waals surface area contributed by atoms with Crippen molar-refractivity contribution in [1.82, 2.24) is 0 Å². The molecule has 2 rings (SSSR count). The number of carbonyl (C=O) groups excluding carboxylic acids is 2. The quantitative estimate of drug-likeness (QED) is 0.523. The van der Waals surface area contributed by atoms with Crippen LogP contribution in [-0.4, -0.2) is 29.0 Å². The summed E-state index contributed by atoms with van der Waals surface area (Å²) >= 11 is 3.44. The first-order valence-corrected chi connectivity index (χ1v) is 5.50. The highest BCUT2D eigenvalue weighted by Crippen LogP contribution is 2.41. The average molecular weight is 263 g/mol. The molecule has 0 N–H and O–H groups in total. The maximum atomic E-state index is 11.0. The van der Waals surface area contributed by atoms with Crippen LogP contribution in [0.4, 0.5) is 0 Å². The van der Waals surface area contributed by atoms with E-state index in [4.69, 9.17) is 9.47 Å². The Morgan fingerprint density at radius 3 is 3.00 bits per heavy atom. The van der Waals surface area contributed by atoms with Crippen LogP contribution in [0.3, 0.4) is 0 Å². The Labute approximate surface area is 90.1 Å². The van der Waals surface area contributed by atoms with Crippen molar-refractivity contribution < 1.29 is 19.1 Å². The van der Waals surface area contributed by atoms with E-state index in [1.165, 1.54) is 6.92 Å². The van der Waals surface area contributed by atoms with Gasteiger partial charge in [0, 0.05) is 12.8 Å². The molecule has 1 saturated heterocycles. The van der Waals surface area contributed by atoms with E-state index < -0.39 is 0 Å². The summed E-state index contributed by atoms with van der Waals surface area (Å²) < 4.78 is 10.2. The second-order valence-electron chi connectivity index (χ2n) is 3.74. The normalized spacial score (nSPS) is 40.6. The Morgan fingerprint density at radius 2 is 2.36 bits per heavy atom. The molecule has 0 aromatic heterocycles. The van der Waals surface area contributed by atoms with Gasteiger partial charge in [-0.05, 0) is 6.42 Å². The van der Waals surface area contributed by atoms with Gasteiger partial charge in [-0.15, -0.1) is 0 Å². The van der Waals surface area contributed by atoms with E-state index in [0.717, 1.165) is 6.42 Å². The van der Waals surface area contributed by atoms with Crippen molar-refractivity contribution in [3.63, 3.8) is 0 Å². The standard InChI is InChI=1S/C9H11BrO4/c1-4(11)13-9-6(10)2-5-3-7(12)14-8(5)9/h5-6,8-9H,2-3H2,1H3/t5-,6-,8+,9+/m1/s1. The molecule has 0 amide bonds. The van der Waals surface area contributed by atoms with E-state index >= 15 is 0 Å². The Morgan fingerprint density at radius 1 is 1.64 bits per heavy atom. The average Bonchev–Trinajstić information content (AvgIpc) is 2.51. The first kappa shape index (κ1) is 9.96. The Kier molecular flexibility index (Phi) is 2.51. The van der Waals surface area contributed by atoms with Crippen LogP contribution in [0.25, 0.3) is 0 Å². The third kappa shape index (κ3) is 1.65. The zero-order valence-electron chi connectivity index (χ0n) is 7.73. The minimum Gasteiger partial charge on any atom is -0.458 e. The van der Waals surface area contributed by atoms with E-state index in [-0.39, 0.29) is 34.9 Å². The molecule has 78 valence electrons. The second-order valence-corrected chi connectivity index (χ2v) is 4.92. The summed E-state index contributed by atoms with van der Waals surface area (Å²) in [5.41, 5.74) is 0. The minimum atomic E-state index is -0.331. The number of halogens is 1. The van der Waals surface area contributed by atoms with Crippen LogP contribution >= 0.6 is 15.9 Å². The third-order valence-electron chi connectivity index (χ3n) is 2.67. The Balaban J connectivity index is 2.08. The van der Waals surface area contributed by atoms with Crippen LogP contribution < -0.4 is 0 Å². The molecular formula is C9H11BrO4. The molecule has 2 fully saturated rings. The minimum absolute atomic E-state index is 0.106. The van der Waals surface area contributed by atoms with E-state index in [9.17, 15) is 9.59 Å². The summed E-state index contributed by atoms with van der Waals surface area (Å²) in [6, 6.07) is 0. The molecule has 14 heavy (non-hydrogen) atoms. The maximum absolute atomic E-state index is 11.0. The van der Waals surface area contributed by atoms with E-state index in [0.29, 0.717) is 6.42 Å². The van der Waals surface area contributed by atoms with Gasteiger partial charge in [-0.3, -0.25) is 9.59 Å². The molecule has 0 aromatic carbocycles. The van der Waals surface area contributed by atoms with Crippen LogP contribution in [0.15, 0.2) is 0 Å². The topological polar surface area (TPSA) is 52.6 Å². The van der Waals surface area contributed by atoms with Crippen LogP contribution in [0.1, 0.15) is 19.8 Å². The molecule has 2 aliphatic rings. The number of alkyl halides is 1. The summed E-state index contributed by atoms with van der Waals surface area (Å²) in [5, 5.41) is 0. The van der Waals surface area contributed by atoms with Gasteiger partial charge in [0.05, 0.1) is 11.2 Å². The molecule has 0 bridgehead atoms. The number of ether oxygens (including phenoxy) is 2. The lowest BCUT2D eigenvalue weighted by Crippen LogP contribution is -2.33. The zero-order valence-corrected chi connectivity index (χ0v) is 9.32. The van der Waals surface area contributed by atoms with Crippen molar-refractivity contribution in [3.8, 4) is 0 Å². The van der Waals surface area contributed by atoms with Crippen molar-refractivity contribution >= 4 is 27.9 Å². The van der Waals surface area contributed by atoms with E-state index in [2.05, 4.69) is 15.9 Å². The van der Waals surface area contributed by atoms with Crippen molar-refractivity contribution in [3.05, 3.63) is 0 Å². The molecular weight excluding hydrogens is 252 g/mol. The van der Waals surface area contributed by atoms with Gasteiger partial charge in [-0.25, -0.2) is 0 Å². The summed E-state index contributed by atoms with van der Waals surface area (Å²) in [5.74, 6) is -0.309. The van der Waals surface area contributed by atoms with E-state index in [1.807, 2.05) is 0 Å². The highest BCUT2D eigenvalue weighted by Gasteiger charge is 2.51. The lowest BCUT2D eigenvalue weighted by Gasteiger charge is -2.19. The molecule has 1 aliphatic carbocycles. The lowest BCUT2D eigenvalue weighted by atomic mass is 10.1. The fraction of sp³-hybridized carbons (Fsp3) is 0.778. The van der Waals surface area contributed by atoms with E-state index in [1.54, 1.807) is 0 Å². The van der Waals surface area contributed by atoms with Crippen molar-refractivity contribution in [2.24, 2.45) is 5.92 Å². The van der Waals surface area contributed by atoms with Gasteiger partial charge in [0.15, 0.2) is 6.10 Å². The van der Waals surface area contributed by atoms with Gasteiger partial charge in [0.25, 0.3) is 0 Å². The first-order chi connectivity index (χ1) is 6.58. The highest BCUT2D eigenvalue weighted by atomic mass is 79.9. The third-order valence-corrected chi connectivity index (χ3v) is 3.57. The summed E-state index contributed by atoms with van der Waals surface area (Å²) in [6.07, 6.45) is 0.721. The largest absolute Gasteiger partial charge is 0.458 e. The van der Waals surface area contributed by atoms with Crippen molar-refractivity contribution in [2.45, 2.75) is 36.8 Å². The highest BCUT2D eigenvalue weighted by molar-refractivity contribution is 9.09. The molecule has 0 spiro atoms. The Hall–Kier alpha value is -0.580. The zero-order chi connectivity index (χ0) is 10.3. The van der Waals surface area contributed by atoms with Gasteiger partial charge in [-0.1, -0.05) is 15.9 Å². The lowest BCUT2D eigenvalue weighted by molar-refractivity contribution is -0.158. The predicted octanol–water partition coefficient (Wildman–Crippen LogP) is 1.02. The number of esters is 2. The summed E-state index contributed by atoms with van der Waals surface area (Å²) in [6.45, 7) is 1.36. The molecule has 1 saturated carbocycles. The molecule has 1 heterocycles. The van der Waals surface area contributed by atoms with Crippen LogP contribution in [0.5, 0.6) is 0 Å². The maximum Gasteiger partial charge on any atom is 0.306 e. The molecule has 4 atom stereocenters. The van der Waals surface area contributed by atoms with Gasteiger partial charge >= 0.3 is 11.9 Å². The molecule has 4 nitrogen and oxygen atoms in total. The predicted molar refractivity (Wildman–Crippen MR) is 50.9 cm³/mol. The molecule has 5 heteroatoms. The fourth-order valence-electron chi connectivity index (χ4n) is 2.14. The van der Waals surface area contributed by atoms with Crippen LogP contribution in [-0.2, 0) is 19.1 Å². The number of hydrogen-bond donors (Lipinski definition) is 0. The van der Waals surface area contributed by atoms with Gasteiger partial charge in [0.1, 0.15) is 6.10 Å². The van der Waals surface area contributed by atoms with Crippen molar-refractivity contribution in [1.29, 1.82) is 0 Å². The first-order valence-electron chi connectivity index (χ1n) is 4.58. The summed E-state index contributed by atoms with van der Waals surface area (Å²) in [4.78, 5) is 22.0. The van der Waals surface area contributed by atoms with Crippen LogP contribution in [0, 0.1) is 5.92 Å². The molecule has 0 unspecified atom stereocenters. The molecule has 0 radical (unpaired) electrons. The second kappa shape index (κ2) is 3.53. The number of fused-ring (bicyclic) bond motifs is 1. The van der Waals surface area contributed by atoms with Crippen LogP contribution in [0.2, 0.25) is 0 Å². The SMILES string of the molecule is CC(=O)O[C@@H]1[C@H]2OC(=O)C[C@H]2C[C@H]1Br. The van der Waals surface area contributed by atoms with Crippen molar-refractivity contribution in [2.75, 3.05) is 0 Å².